The summed E-state index contributed by atoms with van der Waals surface area (Å²) in [5.41, 5.74) is 7.63. The average molecular weight is 568 g/mol. The molecule has 0 saturated carbocycles. The molecular formula is C39H25N3S. The van der Waals surface area contributed by atoms with Crippen molar-refractivity contribution in [3.05, 3.63) is 152 Å². The summed E-state index contributed by atoms with van der Waals surface area (Å²) in [6, 6.07) is 52.7. The number of thiophene rings is 1. The minimum atomic E-state index is 0.662. The van der Waals surface area contributed by atoms with Crippen molar-refractivity contribution in [1.29, 1.82) is 0 Å². The zero-order chi connectivity index (χ0) is 28.6. The van der Waals surface area contributed by atoms with Gasteiger partial charge < -0.3 is 0 Å². The van der Waals surface area contributed by atoms with Crippen LogP contribution < -0.4 is 0 Å². The summed E-state index contributed by atoms with van der Waals surface area (Å²) in [6.07, 6.45) is 0. The lowest BCUT2D eigenvalue weighted by molar-refractivity contribution is 1.08. The van der Waals surface area contributed by atoms with Crippen LogP contribution >= 0.6 is 11.3 Å². The molecule has 202 valence electrons. The second kappa shape index (κ2) is 10.8. The van der Waals surface area contributed by atoms with Gasteiger partial charge in [-0.2, -0.15) is 0 Å². The molecule has 0 atom stereocenters. The fraction of sp³-hybridized carbons (Fsp3) is 0. The summed E-state index contributed by atoms with van der Waals surface area (Å²) in [4.78, 5) is 15.1. The molecule has 0 unspecified atom stereocenters. The van der Waals surface area contributed by atoms with Crippen LogP contribution in [0.1, 0.15) is 0 Å². The minimum absolute atomic E-state index is 0.662. The van der Waals surface area contributed by atoms with E-state index in [0.29, 0.717) is 17.5 Å². The standard InChI is InChI=1S/C39H25N3S/c1-4-12-26(13-5-1)27-20-22-28(23-21-27)31-24-33(36-32-18-10-11-19-34(32)43-35(36)25-31)39-41-37(29-14-6-2-7-15-29)40-38(42-39)30-16-8-3-9-17-30/h1-25H. The maximum atomic E-state index is 5.11. The van der Waals surface area contributed by atoms with Crippen LogP contribution in [0.15, 0.2) is 152 Å². The van der Waals surface area contributed by atoms with Gasteiger partial charge in [-0.05, 0) is 40.5 Å². The van der Waals surface area contributed by atoms with Gasteiger partial charge in [0.25, 0.3) is 0 Å². The number of fused-ring (bicyclic) bond motifs is 3. The predicted molar refractivity (Wildman–Crippen MR) is 180 cm³/mol. The smallest absolute Gasteiger partial charge is 0.164 e. The van der Waals surface area contributed by atoms with Crippen LogP contribution in [-0.4, -0.2) is 15.0 Å². The van der Waals surface area contributed by atoms with Crippen LogP contribution in [0, 0.1) is 0 Å². The predicted octanol–water partition coefficient (Wildman–Crippen LogP) is 10.6. The van der Waals surface area contributed by atoms with Gasteiger partial charge in [0, 0.05) is 36.9 Å². The van der Waals surface area contributed by atoms with Gasteiger partial charge in [0.1, 0.15) is 0 Å². The third-order valence-corrected chi connectivity index (χ3v) is 8.86. The third-order valence-electron chi connectivity index (χ3n) is 7.74. The van der Waals surface area contributed by atoms with Gasteiger partial charge in [0.2, 0.25) is 0 Å². The van der Waals surface area contributed by atoms with E-state index in [-0.39, 0.29) is 0 Å². The molecular weight excluding hydrogens is 543 g/mol. The Kier molecular flexibility index (Phi) is 6.32. The number of hydrogen-bond acceptors (Lipinski definition) is 4. The first-order valence-corrected chi connectivity index (χ1v) is 15.1. The first-order valence-electron chi connectivity index (χ1n) is 14.3. The van der Waals surface area contributed by atoms with E-state index < -0.39 is 0 Å². The van der Waals surface area contributed by atoms with Crippen molar-refractivity contribution < 1.29 is 0 Å². The van der Waals surface area contributed by atoms with Crippen molar-refractivity contribution in [2.24, 2.45) is 0 Å². The highest BCUT2D eigenvalue weighted by Gasteiger charge is 2.18. The molecule has 0 N–H and O–H groups in total. The molecule has 0 aliphatic carbocycles. The number of nitrogens with zero attached hydrogens (tertiary/aromatic N) is 3. The zero-order valence-corrected chi connectivity index (χ0v) is 24.0. The first-order chi connectivity index (χ1) is 21.3. The summed E-state index contributed by atoms with van der Waals surface area (Å²) < 4.78 is 2.46. The largest absolute Gasteiger partial charge is 0.208 e. The highest BCUT2D eigenvalue weighted by atomic mass is 32.1. The number of benzene rings is 6. The van der Waals surface area contributed by atoms with Crippen LogP contribution in [0.2, 0.25) is 0 Å². The molecule has 0 aliphatic heterocycles. The molecule has 0 fully saturated rings. The van der Waals surface area contributed by atoms with E-state index in [1.54, 1.807) is 0 Å². The monoisotopic (exact) mass is 567 g/mol. The van der Waals surface area contributed by atoms with E-state index in [0.717, 1.165) is 27.8 Å². The van der Waals surface area contributed by atoms with Crippen molar-refractivity contribution in [3.8, 4) is 56.4 Å². The zero-order valence-electron chi connectivity index (χ0n) is 23.2. The van der Waals surface area contributed by atoms with Gasteiger partial charge in [-0.15, -0.1) is 11.3 Å². The Morgan fingerprint density at radius 1 is 0.349 bits per heavy atom. The SMILES string of the molecule is c1ccc(-c2ccc(-c3cc(-c4nc(-c5ccccc5)nc(-c5ccccc5)n4)c4c(c3)sc3ccccc34)cc2)cc1. The van der Waals surface area contributed by atoms with Crippen LogP contribution in [0.5, 0.6) is 0 Å². The Labute approximate surface area is 253 Å². The quantitative estimate of drug-likeness (QED) is 0.208. The summed E-state index contributed by atoms with van der Waals surface area (Å²) >= 11 is 1.81. The Balaban J connectivity index is 1.37. The molecule has 0 spiro atoms. The van der Waals surface area contributed by atoms with Gasteiger partial charge in [0.15, 0.2) is 17.5 Å². The maximum absolute atomic E-state index is 5.11. The van der Waals surface area contributed by atoms with E-state index in [4.69, 9.17) is 15.0 Å². The van der Waals surface area contributed by atoms with Crippen LogP contribution in [0.25, 0.3) is 76.6 Å². The average Bonchev–Trinajstić information content (AvgIpc) is 3.47. The van der Waals surface area contributed by atoms with Crippen molar-refractivity contribution >= 4 is 31.5 Å². The molecule has 0 aliphatic rings. The number of hydrogen-bond donors (Lipinski definition) is 0. The van der Waals surface area contributed by atoms with Crippen molar-refractivity contribution in [1.82, 2.24) is 15.0 Å². The molecule has 6 aromatic carbocycles. The third kappa shape index (κ3) is 4.78. The molecule has 8 aromatic rings. The Morgan fingerprint density at radius 3 is 1.42 bits per heavy atom. The van der Waals surface area contributed by atoms with E-state index >= 15 is 0 Å². The van der Waals surface area contributed by atoms with E-state index in [9.17, 15) is 0 Å². The number of rotatable bonds is 5. The van der Waals surface area contributed by atoms with E-state index in [1.807, 2.05) is 78.1 Å². The highest BCUT2D eigenvalue weighted by Crippen LogP contribution is 2.42. The van der Waals surface area contributed by atoms with Gasteiger partial charge >= 0.3 is 0 Å². The Morgan fingerprint density at radius 2 is 0.814 bits per heavy atom. The topological polar surface area (TPSA) is 38.7 Å². The number of aromatic nitrogens is 3. The molecule has 0 saturated heterocycles. The molecule has 2 aromatic heterocycles. The van der Waals surface area contributed by atoms with E-state index in [2.05, 4.69) is 84.9 Å². The van der Waals surface area contributed by atoms with E-state index in [1.165, 1.54) is 31.3 Å². The molecule has 43 heavy (non-hydrogen) atoms. The summed E-state index contributed by atoms with van der Waals surface area (Å²) in [7, 11) is 0. The Bertz CT molecular complexity index is 2150. The summed E-state index contributed by atoms with van der Waals surface area (Å²) in [5.74, 6) is 1.99. The lowest BCUT2D eigenvalue weighted by atomic mass is 9.96. The second-order valence-corrected chi connectivity index (χ2v) is 11.6. The van der Waals surface area contributed by atoms with Crippen molar-refractivity contribution in [2.45, 2.75) is 0 Å². The lowest BCUT2D eigenvalue weighted by Gasteiger charge is -2.12. The molecule has 0 radical (unpaired) electrons. The van der Waals surface area contributed by atoms with Crippen molar-refractivity contribution in [2.75, 3.05) is 0 Å². The van der Waals surface area contributed by atoms with Crippen LogP contribution in [-0.2, 0) is 0 Å². The molecule has 4 heteroatoms. The molecule has 0 amide bonds. The molecule has 8 rings (SSSR count). The maximum Gasteiger partial charge on any atom is 0.164 e. The first kappa shape index (κ1) is 25.3. The summed E-state index contributed by atoms with van der Waals surface area (Å²) in [6.45, 7) is 0. The van der Waals surface area contributed by atoms with Crippen LogP contribution in [0.3, 0.4) is 0 Å². The van der Waals surface area contributed by atoms with Gasteiger partial charge in [-0.1, -0.05) is 133 Å². The molecule has 2 heterocycles. The minimum Gasteiger partial charge on any atom is -0.208 e. The second-order valence-electron chi connectivity index (χ2n) is 10.5. The molecule has 3 nitrogen and oxygen atoms in total. The van der Waals surface area contributed by atoms with Crippen molar-refractivity contribution in [3.63, 3.8) is 0 Å². The fourth-order valence-electron chi connectivity index (χ4n) is 5.61. The Hall–Kier alpha value is -5.45. The van der Waals surface area contributed by atoms with Gasteiger partial charge in [-0.25, -0.2) is 15.0 Å². The lowest BCUT2D eigenvalue weighted by Crippen LogP contribution is -2.00. The fourth-order valence-corrected chi connectivity index (χ4v) is 6.78. The van der Waals surface area contributed by atoms with Gasteiger partial charge in [0.05, 0.1) is 0 Å². The highest BCUT2D eigenvalue weighted by molar-refractivity contribution is 7.26. The van der Waals surface area contributed by atoms with Gasteiger partial charge in [-0.3, -0.25) is 0 Å². The molecule has 0 bridgehead atoms. The summed E-state index contributed by atoms with van der Waals surface area (Å²) in [5, 5.41) is 2.39. The normalized spacial score (nSPS) is 11.3. The van der Waals surface area contributed by atoms with Crippen LogP contribution in [0.4, 0.5) is 0 Å².